The average molecular weight is 421 g/mol. The van der Waals surface area contributed by atoms with Gasteiger partial charge in [-0.3, -0.25) is 20.4 Å². The van der Waals surface area contributed by atoms with Crippen LogP contribution in [0.4, 0.5) is 0 Å². The SMILES string of the molecule is Cc1ccc(S(=O)(=O)CCC(=O)NNC(=O)c2cc3c(s2)CC[C@@H](C)C3)cc1. The van der Waals surface area contributed by atoms with Crippen LogP contribution in [0, 0.1) is 12.8 Å². The van der Waals surface area contributed by atoms with Gasteiger partial charge in [-0.2, -0.15) is 0 Å². The van der Waals surface area contributed by atoms with Crippen LogP contribution in [-0.4, -0.2) is 26.0 Å². The molecule has 1 aliphatic carbocycles. The van der Waals surface area contributed by atoms with Crippen LogP contribution in [0.25, 0.3) is 0 Å². The number of fused-ring (bicyclic) bond motifs is 1. The minimum absolute atomic E-state index is 0.188. The zero-order chi connectivity index (χ0) is 20.3. The molecule has 0 bridgehead atoms. The van der Waals surface area contributed by atoms with E-state index in [0.29, 0.717) is 10.8 Å². The maximum atomic E-state index is 12.3. The molecule has 0 saturated heterocycles. The summed E-state index contributed by atoms with van der Waals surface area (Å²) in [5.41, 5.74) is 6.86. The maximum Gasteiger partial charge on any atom is 0.279 e. The highest BCUT2D eigenvalue weighted by Gasteiger charge is 2.21. The molecule has 0 unspecified atom stereocenters. The number of hydrazine groups is 1. The van der Waals surface area contributed by atoms with Crippen LogP contribution >= 0.6 is 11.3 Å². The number of hydrogen-bond donors (Lipinski definition) is 2. The van der Waals surface area contributed by atoms with Gasteiger partial charge in [0, 0.05) is 11.3 Å². The van der Waals surface area contributed by atoms with Crippen molar-refractivity contribution in [1.29, 1.82) is 0 Å². The zero-order valence-corrected chi connectivity index (χ0v) is 17.6. The maximum absolute atomic E-state index is 12.3. The Balaban J connectivity index is 1.50. The molecule has 0 aliphatic heterocycles. The first-order valence-corrected chi connectivity index (χ1v) is 11.7. The molecule has 150 valence electrons. The summed E-state index contributed by atoms with van der Waals surface area (Å²) in [4.78, 5) is 26.2. The molecule has 0 saturated carbocycles. The summed E-state index contributed by atoms with van der Waals surface area (Å²) in [5.74, 6) is -0.614. The van der Waals surface area contributed by atoms with E-state index in [2.05, 4.69) is 17.8 Å². The van der Waals surface area contributed by atoms with Crippen LogP contribution in [0.5, 0.6) is 0 Å². The Kier molecular flexibility index (Phi) is 6.20. The van der Waals surface area contributed by atoms with E-state index in [9.17, 15) is 18.0 Å². The first-order valence-electron chi connectivity index (χ1n) is 9.25. The molecule has 1 heterocycles. The van der Waals surface area contributed by atoms with Crippen molar-refractivity contribution in [2.45, 2.75) is 44.4 Å². The van der Waals surface area contributed by atoms with Crippen molar-refractivity contribution in [3.05, 3.63) is 51.2 Å². The van der Waals surface area contributed by atoms with E-state index in [1.54, 1.807) is 12.1 Å². The largest absolute Gasteiger partial charge is 0.279 e. The lowest BCUT2D eigenvalue weighted by atomic mass is 9.90. The van der Waals surface area contributed by atoms with Crippen LogP contribution in [0.2, 0.25) is 0 Å². The predicted octanol–water partition coefficient (Wildman–Crippen LogP) is 2.81. The van der Waals surface area contributed by atoms with Gasteiger partial charge < -0.3 is 0 Å². The fourth-order valence-electron chi connectivity index (χ4n) is 3.16. The lowest BCUT2D eigenvalue weighted by Gasteiger charge is -2.16. The van der Waals surface area contributed by atoms with Crippen molar-refractivity contribution < 1.29 is 18.0 Å². The van der Waals surface area contributed by atoms with Crippen molar-refractivity contribution in [2.75, 3.05) is 5.75 Å². The van der Waals surface area contributed by atoms with Crippen molar-refractivity contribution in [3.63, 3.8) is 0 Å². The molecule has 1 aromatic heterocycles. The third-order valence-electron chi connectivity index (χ3n) is 4.85. The Morgan fingerprint density at radius 2 is 1.89 bits per heavy atom. The quantitative estimate of drug-likeness (QED) is 0.728. The van der Waals surface area contributed by atoms with Crippen LogP contribution in [0.1, 0.15) is 45.4 Å². The Bertz CT molecular complexity index is 978. The normalized spacial score (nSPS) is 16.3. The highest BCUT2D eigenvalue weighted by atomic mass is 32.2. The summed E-state index contributed by atoms with van der Waals surface area (Å²) in [6.07, 6.45) is 2.86. The molecule has 0 fully saturated rings. The van der Waals surface area contributed by atoms with Crippen molar-refractivity contribution in [1.82, 2.24) is 10.9 Å². The standard InChI is InChI=1S/C20H24N2O4S2/c1-13-3-6-16(7-4-13)28(25,26)10-9-19(23)21-22-20(24)18-12-15-11-14(2)5-8-17(15)27-18/h3-4,6-7,12,14H,5,8-11H2,1-2H3,(H,21,23)(H,22,24)/t14-/m1/s1. The summed E-state index contributed by atoms with van der Waals surface area (Å²) in [6.45, 7) is 4.07. The number of sulfone groups is 1. The van der Waals surface area contributed by atoms with Gasteiger partial charge in [-0.05, 0) is 55.9 Å². The monoisotopic (exact) mass is 420 g/mol. The Labute approximate surface area is 169 Å². The molecule has 1 aliphatic rings. The van der Waals surface area contributed by atoms with Gasteiger partial charge >= 0.3 is 0 Å². The van der Waals surface area contributed by atoms with E-state index in [0.717, 1.165) is 24.8 Å². The molecule has 2 aromatic rings. The fraction of sp³-hybridized carbons (Fsp3) is 0.400. The number of aryl methyl sites for hydroxylation is 2. The number of amides is 2. The van der Waals surface area contributed by atoms with Gasteiger partial charge in [0.25, 0.3) is 5.91 Å². The molecule has 2 N–H and O–H groups in total. The van der Waals surface area contributed by atoms with E-state index >= 15 is 0 Å². The van der Waals surface area contributed by atoms with Gasteiger partial charge in [0.05, 0.1) is 15.5 Å². The van der Waals surface area contributed by atoms with Gasteiger partial charge in [-0.15, -0.1) is 11.3 Å². The summed E-state index contributed by atoms with van der Waals surface area (Å²) in [5, 5.41) is 0. The highest BCUT2D eigenvalue weighted by Crippen LogP contribution is 2.32. The second kappa shape index (κ2) is 8.45. The number of hydrogen-bond acceptors (Lipinski definition) is 5. The Morgan fingerprint density at radius 3 is 2.61 bits per heavy atom. The number of thiophene rings is 1. The molecule has 2 amide bonds. The molecule has 8 heteroatoms. The van der Waals surface area contributed by atoms with Crippen molar-refractivity contribution in [3.8, 4) is 0 Å². The molecular weight excluding hydrogens is 396 g/mol. The number of nitrogens with one attached hydrogen (secondary N) is 2. The van der Waals surface area contributed by atoms with Gasteiger partial charge in [0.15, 0.2) is 9.84 Å². The van der Waals surface area contributed by atoms with Crippen LogP contribution in [0.15, 0.2) is 35.2 Å². The van der Waals surface area contributed by atoms with E-state index < -0.39 is 15.7 Å². The first-order chi connectivity index (χ1) is 13.2. The minimum atomic E-state index is -3.54. The van der Waals surface area contributed by atoms with Crippen molar-refractivity contribution >= 4 is 33.0 Å². The summed E-state index contributed by atoms with van der Waals surface area (Å²) < 4.78 is 24.6. The molecule has 3 rings (SSSR count). The lowest BCUT2D eigenvalue weighted by Crippen LogP contribution is -2.41. The van der Waals surface area contributed by atoms with E-state index in [4.69, 9.17) is 0 Å². The first kappa shape index (κ1) is 20.5. The highest BCUT2D eigenvalue weighted by molar-refractivity contribution is 7.91. The molecule has 1 atom stereocenters. The minimum Gasteiger partial charge on any atom is -0.273 e. The number of rotatable bonds is 5. The van der Waals surface area contributed by atoms with E-state index in [1.165, 1.54) is 33.9 Å². The van der Waals surface area contributed by atoms with Gasteiger partial charge in [0.2, 0.25) is 5.91 Å². The van der Waals surface area contributed by atoms with Gasteiger partial charge in [-0.1, -0.05) is 24.6 Å². The summed E-state index contributed by atoms with van der Waals surface area (Å²) >= 11 is 1.45. The zero-order valence-electron chi connectivity index (χ0n) is 15.9. The van der Waals surface area contributed by atoms with Gasteiger partial charge in [-0.25, -0.2) is 8.42 Å². The van der Waals surface area contributed by atoms with E-state index in [-0.39, 0.29) is 23.0 Å². The second-order valence-corrected chi connectivity index (χ2v) is 10.5. The number of benzene rings is 1. The molecule has 6 nitrogen and oxygen atoms in total. The average Bonchev–Trinajstić information content (AvgIpc) is 3.08. The fourth-order valence-corrected chi connectivity index (χ4v) is 5.50. The third kappa shape index (κ3) is 4.99. The van der Waals surface area contributed by atoms with Crippen molar-refractivity contribution in [2.24, 2.45) is 5.92 Å². The third-order valence-corrected chi connectivity index (χ3v) is 7.81. The molecule has 28 heavy (non-hydrogen) atoms. The lowest BCUT2D eigenvalue weighted by molar-refractivity contribution is -0.121. The molecule has 0 radical (unpaired) electrons. The topological polar surface area (TPSA) is 92.3 Å². The van der Waals surface area contributed by atoms with Crippen LogP contribution < -0.4 is 10.9 Å². The number of carbonyl (C=O) groups excluding carboxylic acids is 2. The van der Waals surface area contributed by atoms with E-state index in [1.807, 2.05) is 13.0 Å². The number of carbonyl (C=O) groups is 2. The van der Waals surface area contributed by atoms with Gasteiger partial charge in [0.1, 0.15) is 0 Å². The molecule has 1 aromatic carbocycles. The second-order valence-electron chi connectivity index (χ2n) is 7.29. The predicted molar refractivity (Wildman–Crippen MR) is 109 cm³/mol. The molecule has 0 spiro atoms. The molecular formula is C20H24N2O4S2. The Hall–Kier alpha value is -2.19. The summed E-state index contributed by atoms with van der Waals surface area (Å²) in [6, 6.07) is 8.38. The van der Waals surface area contributed by atoms with Crippen LogP contribution in [0.3, 0.4) is 0 Å². The van der Waals surface area contributed by atoms with Crippen LogP contribution in [-0.2, 0) is 27.5 Å². The summed E-state index contributed by atoms with van der Waals surface area (Å²) in [7, 11) is -3.54. The smallest absolute Gasteiger partial charge is 0.273 e. The Morgan fingerprint density at radius 1 is 1.18 bits per heavy atom.